The molecule has 0 saturated heterocycles. The van der Waals surface area contributed by atoms with Gasteiger partial charge in [0.15, 0.2) is 5.82 Å². The first-order valence-corrected chi connectivity index (χ1v) is 9.02. The Morgan fingerprint density at radius 2 is 2.08 bits per heavy atom. The first kappa shape index (κ1) is 20.6. The van der Waals surface area contributed by atoms with Gasteiger partial charge in [0, 0.05) is 18.2 Å². The fraction of sp³-hybridized carbons (Fsp3) is 0.529. The van der Waals surface area contributed by atoms with Crippen molar-refractivity contribution >= 4 is 35.6 Å². The van der Waals surface area contributed by atoms with Gasteiger partial charge in [-0.3, -0.25) is 4.79 Å². The molecule has 2 aromatic rings. The number of nitrogens with two attached hydrogens (primary N) is 1. The zero-order chi connectivity index (χ0) is 18.0. The van der Waals surface area contributed by atoms with Crippen molar-refractivity contribution in [3.05, 3.63) is 29.0 Å². The summed E-state index contributed by atoms with van der Waals surface area (Å²) in [5.74, 6) is 1.12. The van der Waals surface area contributed by atoms with Gasteiger partial charge >= 0.3 is 0 Å². The highest BCUT2D eigenvalue weighted by atomic mass is 35.5. The Bertz CT molecular complexity index is 762. The van der Waals surface area contributed by atoms with E-state index in [1.807, 2.05) is 13.8 Å². The number of aromatic nitrogens is 4. The molecule has 142 valence electrons. The van der Waals surface area contributed by atoms with Gasteiger partial charge in [0.25, 0.3) is 0 Å². The number of carbonyl (C=O) groups excluding carboxylic acids is 1. The third-order valence-electron chi connectivity index (χ3n) is 5.09. The number of carbonyl (C=O) groups is 1. The first-order chi connectivity index (χ1) is 12.0. The van der Waals surface area contributed by atoms with Gasteiger partial charge in [-0.1, -0.05) is 25.4 Å². The zero-order valence-corrected chi connectivity index (χ0v) is 16.5. The van der Waals surface area contributed by atoms with Crippen LogP contribution in [-0.4, -0.2) is 32.7 Å². The second-order valence-corrected chi connectivity index (χ2v) is 6.94. The Balaban J connectivity index is 0.00000243. The van der Waals surface area contributed by atoms with Crippen LogP contribution in [-0.2, 0) is 4.79 Å². The summed E-state index contributed by atoms with van der Waals surface area (Å²) in [6, 6.07) is 5.32. The van der Waals surface area contributed by atoms with Gasteiger partial charge in [-0.05, 0) is 54.3 Å². The standard InChI is InChI=1S/C17H23ClN6O.ClH/c1-3-17(4-2,10-19)16(25)20-12-7-8-13(18)14(9-12)24-15(11-5-6-11)21-22-23-24;/h7-9,11H,3-6,10,19H2,1-2H3,(H,20,25);1H. The van der Waals surface area contributed by atoms with Crippen LogP contribution in [0.1, 0.15) is 51.3 Å². The van der Waals surface area contributed by atoms with Crippen molar-refractivity contribution in [3.63, 3.8) is 0 Å². The number of halogens is 2. The second kappa shape index (κ2) is 8.33. The molecule has 0 aliphatic heterocycles. The molecule has 9 heteroatoms. The Morgan fingerprint density at radius 3 is 2.65 bits per heavy atom. The van der Waals surface area contributed by atoms with Crippen molar-refractivity contribution in [2.75, 3.05) is 11.9 Å². The normalized spacial score (nSPS) is 14.0. The summed E-state index contributed by atoms with van der Waals surface area (Å²) >= 11 is 6.34. The molecule has 1 aromatic heterocycles. The molecule has 1 aromatic carbocycles. The van der Waals surface area contributed by atoms with Crippen molar-refractivity contribution in [1.29, 1.82) is 0 Å². The lowest BCUT2D eigenvalue weighted by molar-refractivity contribution is -0.125. The van der Waals surface area contributed by atoms with Crippen LogP contribution in [0.5, 0.6) is 0 Å². The molecule has 3 N–H and O–H groups in total. The number of hydrogen-bond donors (Lipinski definition) is 2. The van der Waals surface area contributed by atoms with Crippen LogP contribution in [0.4, 0.5) is 5.69 Å². The van der Waals surface area contributed by atoms with Gasteiger partial charge in [-0.25, -0.2) is 0 Å². The molecule has 1 fully saturated rings. The predicted molar refractivity (Wildman–Crippen MR) is 104 cm³/mol. The van der Waals surface area contributed by atoms with E-state index < -0.39 is 5.41 Å². The van der Waals surface area contributed by atoms with Crippen LogP contribution < -0.4 is 11.1 Å². The lowest BCUT2D eigenvalue weighted by Gasteiger charge is -2.28. The SMILES string of the molecule is CCC(CC)(CN)C(=O)Nc1ccc(Cl)c(-n2nnnc2C2CC2)c1.Cl. The van der Waals surface area contributed by atoms with Crippen LogP contribution in [0.25, 0.3) is 5.69 Å². The summed E-state index contributed by atoms with van der Waals surface area (Å²) in [6.07, 6.45) is 3.54. The highest BCUT2D eigenvalue weighted by molar-refractivity contribution is 6.32. The molecular weight excluding hydrogens is 375 g/mol. The Kier molecular flexibility index (Phi) is 6.60. The van der Waals surface area contributed by atoms with Crippen molar-refractivity contribution in [1.82, 2.24) is 20.2 Å². The molecule has 1 amide bonds. The molecule has 1 saturated carbocycles. The molecule has 1 aliphatic rings. The van der Waals surface area contributed by atoms with E-state index in [1.165, 1.54) is 0 Å². The van der Waals surface area contributed by atoms with Crippen LogP contribution in [0.2, 0.25) is 5.02 Å². The summed E-state index contributed by atoms with van der Waals surface area (Å²) in [5, 5.41) is 15.4. The van der Waals surface area contributed by atoms with E-state index in [-0.39, 0.29) is 18.3 Å². The summed E-state index contributed by atoms with van der Waals surface area (Å²) in [6.45, 7) is 4.27. The van der Waals surface area contributed by atoms with Crippen LogP contribution in [0, 0.1) is 5.41 Å². The highest BCUT2D eigenvalue weighted by Gasteiger charge is 2.34. The number of anilines is 1. The Morgan fingerprint density at radius 1 is 1.38 bits per heavy atom. The van der Waals surface area contributed by atoms with E-state index in [0.29, 0.717) is 41.7 Å². The molecule has 7 nitrogen and oxygen atoms in total. The number of hydrogen-bond acceptors (Lipinski definition) is 5. The molecule has 0 unspecified atom stereocenters. The largest absolute Gasteiger partial charge is 0.329 e. The molecule has 0 radical (unpaired) electrons. The molecule has 3 rings (SSSR count). The van der Waals surface area contributed by atoms with Crippen LogP contribution in [0.3, 0.4) is 0 Å². The van der Waals surface area contributed by atoms with Crippen molar-refractivity contribution < 1.29 is 4.79 Å². The smallest absolute Gasteiger partial charge is 0.231 e. The maximum Gasteiger partial charge on any atom is 0.231 e. The average molecular weight is 399 g/mol. The molecule has 0 bridgehead atoms. The van der Waals surface area contributed by atoms with Gasteiger partial charge in [-0.2, -0.15) is 4.68 Å². The number of nitrogens with one attached hydrogen (secondary N) is 1. The number of benzene rings is 1. The lowest BCUT2D eigenvalue weighted by atomic mass is 9.81. The maximum absolute atomic E-state index is 12.7. The number of tetrazole rings is 1. The Hall–Kier alpha value is -1.70. The molecule has 1 aliphatic carbocycles. The number of amides is 1. The monoisotopic (exact) mass is 398 g/mol. The average Bonchev–Trinajstić information content (AvgIpc) is 3.36. The minimum Gasteiger partial charge on any atom is -0.329 e. The van der Waals surface area contributed by atoms with E-state index >= 15 is 0 Å². The van der Waals surface area contributed by atoms with Gasteiger partial charge < -0.3 is 11.1 Å². The van der Waals surface area contributed by atoms with E-state index in [2.05, 4.69) is 20.8 Å². The van der Waals surface area contributed by atoms with Crippen LogP contribution >= 0.6 is 24.0 Å². The van der Waals surface area contributed by atoms with Gasteiger partial charge in [-0.15, -0.1) is 17.5 Å². The van der Waals surface area contributed by atoms with Crippen molar-refractivity contribution in [2.45, 2.75) is 45.4 Å². The third-order valence-corrected chi connectivity index (χ3v) is 5.41. The molecule has 26 heavy (non-hydrogen) atoms. The van der Waals surface area contributed by atoms with Gasteiger partial charge in [0.1, 0.15) is 0 Å². The Labute approximate surface area is 164 Å². The predicted octanol–water partition coefficient (Wildman–Crippen LogP) is 3.32. The summed E-state index contributed by atoms with van der Waals surface area (Å²) in [4.78, 5) is 12.7. The molecule has 0 spiro atoms. The first-order valence-electron chi connectivity index (χ1n) is 8.64. The van der Waals surface area contributed by atoms with E-state index in [1.54, 1.807) is 22.9 Å². The molecule has 0 atom stereocenters. The quantitative estimate of drug-likeness (QED) is 0.744. The van der Waals surface area contributed by atoms with E-state index in [0.717, 1.165) is 18.7 Å². The molecular formula is C17H24Cl2N6O. The minimum atomic E-state index is -0.562. The fourth-order valence-corrected chi connectivity index (χ4v) is 3.13. The minimum absolute atomic E-state index is 0. The summed E-state index contributed by atoms with van der Waals surface area (Å²) in [7, 11) is 0. The topological polar surface area (TPSA) is 98.7 Å². The van der Waals surface area contributed by atoms with E-state index in [4.69, 9.17) is 17.3 Å². The number of nitrogens with zero attached hydrogens (tertiary/aromatic N) is 4. The third kappa shape index (κ3) is 3.84. The highest BCUT2D eigenvalue weighted by Crippen LogP contribution is 2.40. The van der Waals surface area contributed by atoms with Gasteiger partial charge in [0.2, 0.25) is 5.91 Å². The number of rotatable bonds is 7. The van der Waals surface area contributed by atoms with E-state index in [9.17, 15) is 4.79 Å². The fourth-order valence-electron chi connectivity index (χ4n) is 2.93. The maximum atomic E-state index is 12.7. The summed E-state index contributed by atoms with van der Waals surface area (Å²) < 4.78 is 1.66. The lowest BCUT2D eigenvalue weighted by Crippen LogP contribution is -2.41. The van der Waals surface area contributed by atoms with Crippen LogP contribution in [0.15, 0.2) is 18.2 Å². The van der Waals surface area contributed by atoms with Crippen molar-refractivity contribution in [3.8, 4) is 5.69 Å². The van der Waals surface area contributed by atoms with Crippen molar-refractivity contribution in [2.24, 2.45) is 11.1 Å². The van der Waals surface area contributed by atoms with Gasteiger partial charge in [0.05, 0.1) is 16.1 Å². The summed E-state index contributed by atoms with van der Waals surface area (Å²) in [5.41, 5.74) is 6.62. The second-order valence-electron chi connectivity index (χ2n) is 6.54. The zero-order valence-electron chi connectivity index (χ0n) is 14.9. The molecule has 1 heterocycles.